The minimum Gasteiger partial charge on any atom is -0.480 e. The van der Waals surface area contributed by atoms with Crippen molar-refractivity contribution in [3.63, 3.8) is 0 Å². The average molecular weight is 285 g/mol. The van der Waals surface area contributed by atoms with E-state index in [2.05, 4.69) is 5.32 Å². The number of carboxylic acids is 1. The van der Waals surface area contributed by atoms with Gasteiger partial charge in [-0.3, -0.25) is 4.79 Å². The zero-order valence-electron chi connectivity index (χ0n) is 12.6. The molecule has 0 spiro atoms. The predicted molar refractivity (Wildman–Crippen MR) is 76.5 cm³/mol. The maximum absolute atomic E-state index is 12.5. The molecule has 0 saturated heterocycles. The third kappa shape index (κ3) is 4.47. The Kier molecular flexibility index (Phi) is 6.99. The van der Waals surface area contributed by atoms with E-state index in [9.17, 15) is 14.7 Å². The molecule has 0 bridgehead atoms. The first kappa shape index (κ1) is 17.0. The van der Waals surface area contributed by atoms with Crippen molar-refractivity contribution in [1.29, 1.82) is 0 Å². The number of ether oxygens (including phenoxy) is 1. The number of nitrogens with one attached hydrogen (secondary N) is 1. The van der Waals surface area contributed by atoms with Gasteiger partial charge in [-0.05, 0) is 25.7 Å². The summed E-state index contributed by atoms with van der Waals surface area (Å²) in [6.45, 7) is 2.55. The summed E-state index contributed by atoms with van der Waals surface area (Å²) in [5.41, 5.74) is -0.421. The smallest absolute Gasteiger partial charge is 0.326 e. The van der Waals surface area contributed by atoms with E-state index in [1.807, 2.05) is 6.92 Å². The molecule has 0 aromatic rings. The first-order valence-electron chi connectivity index (χ1n) is 7.58. The normalized spacial score (nSPS) is 18.7. The van der Waals surface area contributed by atoms with Crippen LogP contribution >= 0.6 is 0 Å². The maximum atomic E-state index is 12.5. The summed E-state index contributed by atoms with van der Waals surface area (Å²) in [5.74, 6) is -1.04. The number of carbonyl (C=O) groups is 2. The largest absolute Gasteiger partial charge is 0.480 e. The lowest BCUT2D eigenvalue weighted by Crippen LogP contribution is -2.48. The molecule has 1 saturated carbocycles. The quantitative estimate of drug-likeness (QED) is 0.682. The zero-order valence-corrected chi connectivity index (χ0v) is 12.6. The molecule has 1 unspecified atom stereocenters. The number of hydrogen-bond acceptors (Lipinski definition) is 3. The Balaban J connectivity index is 2.66. The number of carboxylic acid groups (broad SMARTS) is 1. The van der Waals surface area contributed by atoms with Gasteiger partial charge in [0.2, 0.25) is 5.91 Å². The lowest BCUT2D eigenvalue weighted by molar-refractivity contribution is -0.144. The summed E-state index contributed by atoms with van der Waals surface area (Å²) < 4.78 is 5.10. The van der Waals surface area contributed by atoms with Crippen LogP contribution in [-0.2, 0) is 14.3 Å². The summed E-state index contributed by atoms with van der Waals surface area (Å²) in [6.07, 6.45) is 6.64. The van der Waals surface area contributed by atoms with Gasteiger partial charge in [-0.2, -0.15) is 0 Å². The van der Waals surface area contributed by atoms with Crippen LogP contribution in [0.15, 0.2) is 0 Å². The Hall–Kier alpha value is -1.10. The van der Waals surface area contributed by atoms with Crippen molar-refractivity contribution >= 4 is 11.9 Å². The molecule has 0 aliphatic heterocycles. The summed E-state index contributed by atoms with van der Waals surface area (Å²) >= 11 is 0. The number of carbonyl (C=O) groups excluding carboxylic acids is 1. The van der Waals surface area contributed by atoms with Crippen molar-refractivity contribution < 1.29 is 19.4 Å². The van der Waals surface area contributed by atoms with E-state index >= 15 is 0 Å². The molecule has 2 N–H and O–H groups in total. The second-order valence-corrected chi connectivity index (χ2v) is 5.74. The molecule has 5 heteroatoms. The van der Waals surface area contributed by atoms with Crippen LogP contribution < -0.4 is 5.32 Å². The molecule has 1 amide bonds. The van der Waals surface area contributed by atoms with Gasteiger partial charge in [0.25, 0.3) is 0 Å². The Labute approximate surface area is 121 Å². The molecule has 1 fully saturated rings. The fraction of sp³-hybridized carbons (Fsp3) is 0.867. The Morgan fingerprint density at radius 1 is 1.35 bits per heavy atom. The van der Waals surface area contributed by atoms with Crippen LogP contribution in [0.4, 0.5) is 0 Å². The van der Waals surface area contributed by atoms with E-state index < -0.39 is 17.4 Å². The van der Waals surface area contributed by atoms with E-state index in [1.165, 1.54) is 0 Å². The van der Waals surface area contributed by atoms with Crippen molar-refractivity contribution in [3.05, 3.63) is 0 Å². The highest BCUT2D eigenvalue weighted by atomic mass is 16.5. The van der Waals surface area contributed by atoms with E-state index in [4.69, 9.17) is 4.74 Å². The Morgan fingerprint density at radius 2 is 2.00 bits per heavy atom. The monoisotopic (exact) mass is 285 g/mol. The van der Waals surface area contributed by atoms with Crippen LogP contribution in [0.1, 0.15) is 58.3 Å². The standard InChI is InChI=1S/C15H27NO4/c1-3-4-7-12(13(17)18)16-14(19)15(10-11-20-2)8-5-6-9-15/h12H,3-11H2,1-2H3,(H,16,19)(H,17,18). The van der Waals surface area contributed by atoms with Crippen LogP contribution in [0.2, 0.25) is 0 Å². The van der Waals surface area contributed by atoms with Gasteiger partial charge < -0.3 is 15.2 Å². The number of amides is 1. The number of unbranched alkanes of at least 4 members (excludes halogenated alkanes) is 1. The van der Waals surface area contributed by atoms with Gasteiger partial charge in [-0.25, -0.2) is 4.79 Å². The molecule has 1 atom stereocenters. The molecule has 0 aromatic carbocycles. The number of rotatable bonds is 9. The lowest BCUT2D eigenvalue weighted by Gasteiger charge is -2.29. The van der Waals surface area contributed by atoms with Crippen LogP contribution in [0.5, 0.6) is 0 Å². The molecule has 20 heavy (non-hydrogen) atoms. The van der Waals surface area contributed by atoms with Crippen LogP contribution in [-0.4, -0.2) is 36.7 Å². The average Bonchev–Trinajstić information content (AvgIpc) is 2.90. The van der Waals surface area contributed by atoms with Crippen molar-refractivity contribution in [2.75, 3.05) is 13.7 Å². The highest BCUT2D eigenvalue weighted by molar-refractivity contribution is 5.87. The third-order valence-corrected chi connectivity index (χ3v) is 4.28. The van der Waals surface area contributed by atoms with Crippen LogP contribution in [0.3, 0.4) is 0 Å². The summed E-state index contributed by atoms with van der Waals surface area (Å²) in [5, 5.41) is 12.0. The molecule has 0 aromatic heterocycles. The SMILES string of the molecule is CCCCC(NC(=O)C1(CCOC)CCCC1)C(=O)O. The topological polar surface area (TPSA) is 75.6 Å². The van der Waals surface area contributed by atoms with E-state index in [0.29, 0.717) is 19.4 Å². The van der Waals surface area contributed by atoms with Crippen LogP contribution in [0, 0.1) is 5.41 Å². The Morgan fingerprint density at radius 3 is 2.50 bits per heavy atom. The van der Waals surface area contributed by atoms with Gasteiger partial charge in [0.05, 0.1) is 5.41 Å². The van der Waals surface area contributed by atoms with Crippen molar-refractivity contribution in [1.82, 2.24) is 5.32 Å². The number of hydrogen-bond donors (Lipinski definition) is 2. The highest BCUT2D eigenvalue weighted by Crippen LogP contribution is 2.41. The first-order chi connectivity index (χ1) is 9.55. The number of methoxy groups -OCH3 is 1. The molecule has 0 radical (unpaired) electrons. The summed E-state index contributed by atoms with van der Waals surface area (Å²) in [7, 11) is 1.63. The van der Waals surface area contributed by atoms with Gasteiger partial charge in [0.1, 0.15) is 6.04 Å². The third-order valence-electron chi connectivity index (χ3n) is 4.28. The van der Waals surface area contributed by atoms with Gasteiger partial charge in [-0.15, -0.1) is 0 Å². The first-order valence-corrected chi connectivity index (χ1v) is 7.58. The predicted octanol–water partition coefficient (Wildman–Crippen LogP) is 2.34. The van der Waals surface area contributed by atoms with Crippen molar-refractivity contribution in [2.24, 2.45) is 5.41 Å². The summed E-state index contributed by atoms with van der Waals surface area (Å²) in [6, 6.07) is -0.762. The van der Waals surface area contributed by atoms with Crippen LogP contribution in [0.25, 0.3) is 0 Å². The van der Waals surface area contributed by atoms with E-state index in [-0.39, 0.29) is 5.91 Å². The molecule has 5 nitrogen and oxygen atoms in total. The fourth-order valence-electron chi connectivity index (χ4n) is 2.92. The second-order valence-electron chi connectivity index (χ2n) is 5.74. The van der Waals surface area contributed by atoms with Gasteiger partial charge in [-0.1, -0.05) is 32.6 Å². The molecule has 116 valence electrons. The molecular formula is C15H27NO4. The minimum atomic E-state index is -0.938. The van der Waals surface area contributed by atoms with Crippen molar-refractivity contribution in [3.8, 4) is 0 Å². The van der Waals surface area contributed by atoms with Gasteiger partial charge in [0, 0.05) is 13.7 Å². The highest BCUT2D eigenvalue weighted by Gasteiger charge is 2.41. The maximum Gasteiger partial charge on any atom is 0.326 e. The lowest BCUT2D eigenvalue weighted by atomic mass is 9.81. The molecule has 1 aliphatic rings. The minimum absolute atomic E-state index is 0.101. The zero-order chi connectivity index (χ0) is 15.0. The second kappa shape index (κ2) is 8.25. The molecule has 0 heterocycles. The van der Waals surface area contributed by atoms with E-state index in [1.54, 1.807) is 7.11 Å². The molecular weight excluding hydrogens is 258 g/mol. The number of aliphatic carboxylic acids is 1. The Bertz CT molecular complexity index is 324. The fourth-order valence-corrected chi connectivity index (χ4v) is 2.92. The van der Waals surface area contributed by atoms with Crippen molar-refractivity contribution in [2.45, 2.75) is 64.3 Å². The van der Waals surface area contributed by atoms with Gasteiger partial charge in [0.15, 0.2) is 0 Å². The van der Waals surface area contributed by atoms with Gasteiger partial charge >= 0.3 is 5.97 Å². The van der Waals surface area contributed by atoms with E-state index in [0.717, 1.165) is 38.5 Å². The molecule has 1 aliphatic carbocycles. The summed E-state index contributed by atoms with van der Waals surface area (Å²) in [4.78, 5) is 23.8. The molecule has 1 rings (SSSR count).